The van der Waals surface area contributed by atoms with E-state index in [1.165, 1.54) is 11.5 Å². The van der Waals surface area contributed by atoms with E-state index >= 15 is 0 Å². The molecular weight excluding hydrogens is 284 g/mol. The van der Waals surface area contributed by atoms with Crippen molar-refractivity contribution in [3.8, 4) is 0 Å². The molecule has 2 aromatic rings. The van der Waals surface area contributed by atoms with Crippen molar-refractivity contribution in [1.82, 2.24) is 9.36 Å². The zero-order valence-corrected chi connectivity index (χ0v) is 13.1. The van der Waals surface area contributed by atoms with Crippen molar-refractivity contribution in [3.63, 3.8) is 0 Å². The van der Waals surface area contributed by atoms with E-state index < -0.39 is 0 Å². The molecule has 0 bridgehead atoms. The number of rotatable bonds is 2. The normalized spacial score (nSPS) is 18.4. The highest BCUT2D eigenvalue weighted by atomic mass is 32.1. The Balaban J connectivity index is 2.07. The van der Waals surface area contributed by atoms with Crippen LogP contribution in [-0.4, -0.2) is 21.3 Å². The van der Waals surface area contributed by atoms with Crippen molar-refractivity contribution in [3.05, 3.63) is 35.7 Å². The van der Waals surface area contributed by atoms with Gasteiger partial charge in [0.25, 0.3) is 0 Å². The Morgan fingerprint density at radius 3 is 2.81 bits per heavy atom. The molecule has 2 heterocycles. The van der Waals surface area contributed by atoms with Gasteiger partial charge in [-0.1, -0.05) is 32.0 Å². The van der Waals surface area contributed by atoms with E-state index in [2.05, 4.69) is 33.4 Å². The minimum absolute atomic E-state index is 0.0165. The predicted octanol–water partition coefficient (Wildman–Crippen LogP) is 2.83. The van der Waals surface area contributed by atoms with Gasteiger partial charge in [0.15, 0.2) is 0 Å². The predicted molar refractivity (Wildman–Crippen MR) is 84.5 cm³/mol. The third-order valence-corrected chi connectivity index (χ3v) is 4.46. The van der Waals surface area contributed by atoms with Crippen LogP contribution in [0.25, 0.3) is 0 Å². The lowest BCUT2D eigenvalue weighted by molar-refractivity contribution is -0.118. The first-order valence-electron chi connectivity index (χ1n) is 7.02. The number of benzene rings is 1. The molecule has 0 saturated heterocycles. The Morgan fingerprint density at radius 2 is 2.14 bits per heavy atom. The van der Waals surface area contributed by atoms with Gasteiger partial charge in [0.2, 0.25) is 11.0 Å². The van der Waals surface area contributed by atoms with Gasteiger partial charge < -0.3 is 10.2 Å². The van der Waals surface area contributed by atoms with Gasteiger partial charge in [-0.15, -0.1) is 0 Å². The van der Waals surface area contributed by atoms with Crippen LogP contribution in [0.5, 0.6) is 0 Å². The van der Waals surface area contributed by atoms with Gasteiger partial charge in [-0.05, 0) is 24.5 Å². The third kappa shape index (κ3) is 2.63. The summed E-state index contributed by atoms with van der Waals surface area (Å²) in [5, 5.41) is 3.84. The summed E-state index contributed by atoms with van der Waals surface area (Å²) in [5.41, 5.74) is 1.98. The van der Waals surface area contributed by atoms with Crippen LogP contribution in [0, 0.1) is 12.8 Å². The molecule has 21 heavy (non-hydrogen) atoms. The zero-order valence-electron chi connectivity index (χ0n) is 12.3. The van der Waals surface area contributed by atoms with Crippen molar-refractivity contribution < 1.29 is 4.79 Å². The first kappa shape index (κ1) is 14.0. The van der Waals surface area contributed by atoms with Crippen LogP contribution in [-0.2, 0) is 11.3 Å². The highest BCUT2D eigenvalue weighted by molar-refractivity contribution is 7.09. The molecule has 1 atom stereocenters. The number of carbonyl (C=O) groups excluding carboxylic acids is 1. The molecule has 5 nitrogen and oxygen atoms in total. The van der Waals surface area contributed by atoms with Gasteiger partial charge in [0, 0.05) is 23.8 Å². The molecule has 110 valence electrons. The van der Waals surface area contributed by atoms with Crippen molar-refractivity contribution >= 4 is 28.3 Å². The van der Waals surface area contributed by atoms with Gasteiger partial charge in [-0.25, -0.2) is 4.98 Å². The molecule has 0 aliphatic carbocycles. The van der Waals surface area contributed by atoms with Gasteiger partial charge in [-0.2, -0.15) is 4.37 Å². The second-order valence-electron chi connectivity index (χ2n) is 5.59. The van der Waals surface area contributed by atoms with E-state index in [9.17, 15) is 4.79 Å². The fourth-order valence-corrected chi connectivity index (χ4v) is 3.37. The van der Waals surface area contributed by atoms with Crippen molar-refractivity contribution in [2.45, 2.75) is 33.4 Å². The molecule has 1 aliphatic rings. The number of aryl methyl sites for hydroxylation is 1. The number of hydrogen-bond donors (Lipinski definition) is 1. The molecule has 0 saturated carbocycles. The van der Waals surface area contributed by atoms with Crippen molar-refractivity contribution in [2.75, 3.05) is 10.2 Å². The first-order chi connectivity index (χ1) is 10.1. The number of para-hydroxylation sites is 1. The molecule has 1 aliphatic heterocycles. The van der Waals surface area contributed by atoms with Crippen LogP contribution >= 0.6 is 11.5 Å². The molecule has 6 heteroatoms. The highest BCUT2D eigenvalue weighted by Gasteiger charge is 2.34. The van der Waals surface area contributed by atoms with E-state index in [0.29, 0.717) is 6.54 Å². The lowest BCUT2D eigenvalue weighted by Crippen LogP contribution is -2.45. The fourth-order valence-electron chi connectivity index (χ4n) is 2.66. The average Bonchev–Trinajstić information content (AvgIpc) is 2.79. The van der Waals surface area contributed by atoms with Gasteiger partial charge >= 0.3 is 0 Å². The zero-order chi connectivity index (χ0) is 15.0. The van der Waals surface area contributed by atoms with Crippen LogP contribution < -0.4 is 10.2 Å². The number of hydrogen-bond acceptors (Lipinski definition) is 5. The van der Waals surface area contributed by atoms with E-state index in [0.717, 1.165) is 22.2 Å². The van der Waals surface area contributed by atoms with Crippen LogP contribution in [0.1, 0.15) is 25.2 Å². The summed E-state index contributed by atoms with van der Waals surface area (Å²) < 4.78 is 4.25. The number of amides is 1. The molecule has 1 N–H and O–H groups in total. The minimum atomic E-state index is -0.246. The maximum atomic E-state index is 12.6. The molecule has 1 aromatic carbocycles. The quantitative estimate of drug-likeness (QED) is 0.927. The van der Waals surface area contributed by atoms with E-state index in [4.69, 9.17) is 0 Å². The Kier molecular flexibility index (Phi) is 3.63. The van der Waals surface area contributed by atoms with Gasteiger partial charge in [0.1, 0.15) is 11.9 Å². The number of anilines is 2. The Morgan fingerprint density at radius 1 is 1.38 bits per heavy atom. The second-order valence-corrected chi connectivity index (χ2v) is 6.32. The van der Waals surface area contributed by atoms with Crippen molar-refractivity contribution in [2.24, 2.45) is 5.92 Å². The maximum absolute atomic E-state index is 12.6. The summed E-state index contributed by atoms with van der Waals surface area (Å²) in [5.74, 6) is 0.946. The van der Waals surface area contributed by atoms with Crippen LogP contribution in [0.4, 0.5) is 10.8 Å². The third-order valence-electron chi connectivity index (χ3n) is 3.61. The average molecular weight is 302 g/mol. The number of aromatic nitrogens is 2. The number of nitrogens with one attached hydrogen (secondary N) is 1. The van der Waals surface area contributed by atoms with Crippen LogP contribution in [0.2, 0.25) is 0 Å². The lowest BCUT2D eigenvalue weighted by Gasteiger charge is -2.30. The molecule has 0 unspecified atom stereocenters. The summed E-state index contributed by atoms with van der Waals surface area (Å²) in [6, 6.07) is 7.67. The van der Waals surface area contributed by atoms with E-state index in [1.807, 2.05) is 31.2 Å². The topological polar surface area (TPSA) is 58.1 Å². The Bertz CT molecular complexity index is 667. The number of nitrogens with zero attached hydrogens (tertiary/aromatic N) is 3. The highest BCUT2D eigenvalue weighted by Crippen LogP contribution is 2.31. The smallest absolute Gasteiger partial charge is 0.247 e. The van der Waals surface area contributed by atoms with Gasteiger partial charge in [0.05, 0.1) is 0 Å². The maximum Gasteiger partial charge on any atom is 0.247 e. The summed E-state index contributed by atoms with van der Waals surface area (Å²) in [6.45, 7) is 6.64. The molecular formula is C15H18N4OS. The summed E-state index contributed by atoms with van der Waals surface area (Å²) >= 11 is 1.35. The summed E-state index contributed by atoms with van der Waals surface area (Å²) in [6.07, 6.45) is 0. The van der Waals surface area contributed by atoms with Crippen molar-refractivity contribution in [1.29, 1.82) is 0 Å². The van der Waals surface area contributed by atoms with Gasteiger partial charge in [-0.3, -0.25) is 4.79 Å². The largest absolute Gasteiger partial charge is 0.330 e. The Hall–Kier alpha value is -1.95. The van der Waals surface area contributed by atoms with Crippen LogP contribution in [0.3, 0.4) is 0 Å². The molecule has 0 spiro atoms. The molecule has 3 rings (SSSR count). The number of carbonyl (C=O) groups is 1. The SMILES string of the molecule is Cc1nsc(N2Cc3ccccc3NC(=O)[C@@H]2C(C)C)n1. The molecule has 0 radical (unpaired) electrons. The standard InChI is InChI=1S/C15H18N4OS/c1-9(2)13-14(20)17-12-7-5-4-6-11(12)8-19(13)15-16-10(3)18-21-15/h4-7,9,13H,8H2,1-3H3,(H,17,20)/t13-/m0/s1. The molecule has 0 fully saturated rings. The summed E-state index contributed by atoms with van der Waals surface area (Å²) in [4.78, 5) is 19.1. The first-order valence-corrected chi connectivity index (χ1v) is 7.79. The fraction of sp³-hybridized carbons (Fsp3) is 0.400. The number of fused-ring (bicyclic) bond motifs is 1. The monoisotopic (exact) mass is 302 g/mol. The second kappa shape index (κ2) is 5.44. The van der Waals surface area contributed by atoms with E-state index in [-0.39, 0.29) is 17.9 Å². The van der Waals surface area contributed by atoms with Crippen LogP contribution in [0.15, 0.2) is 24.3 Å². The minimum Gasteiger partial charge on any atom is -0.330 e. The molecule has 1 aromatic heterocycles. The summed E-state index contributed by atoms with van der Waals surface area (Å²) in [7, 11) is 0. The van der Waals surface area contributed by atoms with E-state index in [1.54, 1.807) is 0 Å². The Labute approximate surface area is 128 Å². The lowest BCUT2D eigenvalue weighted by atomic mass is 10.0. The molecule has 1 amide bonds.